The summed E-state index contributed by atoms with van der Waals surface area (Å²) in [4.78, 5) is 6.70. The molecule has 1 saturated heterocycles. The first kappa shape index (κ1) is 18.2. The van der Waals surface area contributed by atoms with Crippen molar-refractivity contribution in [1.82, 2.24) is 4.98 Å². The van der Waals surface area contributed by atoms with Gasteiger partial charge in [0.05, 0.1) is 26.1 Å². The zero-order valence-corrected chi connectivity index (χ0v) is 16.2. The number of nitrogens with zero attached hydrogens (tertiary/aromatic N) is 2. The van der Waals surface area contributed by atoms with Gasteiger partial charge in [0.2, 0.25) is 0 Å². The van der Waals surface area contributed by atoms with Gasteiger partial charge in [-0.15, -0.1) is 0 Å². The molecule has 25 heavy (non-hydrogen) atoms. The van der Waals surface area contributed by atoms with E-state index in [1.165, 1.54) is 7.11 Å². The van der Waals surface area contributed by atoms with Gasteiger partial charge in [-0.3, -0.25) is 0 Å². The minimum Gasteiger partial charge on any atom is -0.495 e. The van der Waals surface area contributed by atoms with E-state index in [1.807, 2.05) is 6.07 Å². The van der Waals surface area contributed by atoms with Gasteiger partial charge >= 0.3 is 0 Å². The third-order valence-electron chi connectivity index (χ3n) is 3.96. The summed E-state index contributed by atoms with van der Waals surface area (Å²) in [5.74, 6) is 1.04. The molecule has 0 unspecified atom stereocenters. The smallest absolute Gasteiger partial charge is 0.186 e. The normalized spacial score (nSPS) is 15.2. The molecule has 0 bridgehead atoms. The number of sulfone groups is 1. The highest BCUT2D eigenvalue weighted by molar-refractivity contribution is 9.10. The third kappa shape index (κ3) is 4.31. The average molecular weight is 427 g/mol. The van der Waals surface area contributed by atoms with E-state index in [-0.39, 0.29) is 10.6 Å². The summed E-state index contributed by atoms with van der Waals surface area (Å²) >= 11 is 3.31. The molecule has 6 nitrogen and oxygen atoms in total. The van der Waals surface area contributed by atoms with Crippen LogP contribution in [0.25, 0.3) is 0 Å². The SMILES string of the molecule is COc1ccc(Br)cc1S(=O)(=O)Cc1ccc(N2CCOCC2)nc1. The Labute approximate surface area is 155 Å². The summed E-state index contributed by atoms with van der Waals surface area (Å²) < 4.78 is 36.7. The molecule has 1 aromatic heterocycles. The Hall–Kier alpha value is -1.64. The second kappa shape index (κ2) is 7.72. The van der Waals surface area contributed by atoms with Crippen molar-refractivity contribution in [3.8, 4) is 5.75 Å². The standard InChI is InChI=1S/C17H19BrN2O4S/c1-23-15-4-3-14(18)10-16(15)25(21,22)12-13-2-5-17(19-11-13)20-6-8-24-9-7-20/h2-5,10-11H,6-9,12H2,1H3. The lowest BCUT2D eigenvalue weighted by molar-refractivity contribution is 0.122. The van der Waals surface area contributed by atoms with Gasteiger partial charge in [-0.1, -0.05) is 22.0 Å². The molecule has 0 saturated carbocycles. The van der Waals surface area contributed by atoms with Crippen molar-refractivity contribution in [3.63, 3.8) is 0 Å². The second-order valence-electron chi connectivity index (χ2n) is 5.68. The molecular formula is C17H19BrN2O4S. The van der Waals surface area contributed by atoms with Gasteiger partial charge in [0.1, 0.15) is 16.5 Å². The summed E-state index contributed by atoms with van der Waals surface area (Å²) in [6.07, 6.45) is 1.62. The van der Waals surface area contributed by atoms with Crippen LogP contribution < -0.4 is 9.64 Å². The van der Waals surface area contributed by atoms with E-state index in [4.69, 9.17) is 9.47 Å². The van der Waals surface area contributed by atoms with Crippen molar-refractivity contribution in [2.24, 2.45) is 0 Å². The van der Waals surface area contributed by atoms with Crippen LogP contribution in [0, 0.1) is 0 Å². The fourth-order valence-corrected chi connectivity index (χ4v) is 4.71. The van der Waals surface area contributed by atoms with E-state index in [0.717, 1.165) is 18.9 Å². The number of pyridine rings is 1. The topological polar surface area (TPSA) is 68.7 Å². The first-order chi connectivity index (χ1) is 12.0. The van der Waals surface area contributed by atoms with E-state index >= 15 is 0 Å². The molecule has 0 atom stereocenters. The zero-order chi connectivity index (χ0) is 17.9. The molecular weight excluding hydrogens is 408 g/mol. The Bertz CT molecular complexity index is 834. The number of rotatable bonds is 5. The van der Waals surface area contributed by atoms with Gasteiger partial charge in [0, 0.05) is 23.8 Å². The molecule has 0 N–H and O–H groups in total. The molecule has 0 radical (unpaired) electrons. The van der Waals surface area contributed by atoms with Crippen LogP contribution in [0.4, 0.5) is 5.82 Å². The number of aromatic nitrogens is 1. The average Bonchev–Trinajstić information content (AvgIpc) is 2.63. The van der Waals surface area contributed by atoms with Crippen molar-refractivity contribution >= 4 is 31.6 Å². The largest absolute Gasteiger partial charge is 0.495 e. The quantitative estimate of drug-likeness (QED) is 0.731. The highest BCUT2D eigenvalue weighted by Gasteiger charge is 2.21. The monoisotopic (exact) mass is 426 g/mol. The maximum Gasteiger partial charge on any atom is 0.186 e. The highest BCUT2D eigenvalue weighted by atomic mass is 79.9. The van der Waals surface area contributed by atoms with Crippen molar-refractivity contribution < 1.29 is 17.9 Å². The van der Waals surface area contributed by atoms with Gasteiger partial charge in [0.15, 0.2) is 9.84 Å². The predicted octanol–water partition coefficient (Wildman–Crippen LogP) is 2.66. The number of hydrogen-bond donors (Lipinski definition) is 0. The summed E-state index contributed by atoms with van der Waals surface area (Å²) in [5, 5.41) is 0. The minimum atomic E-state index is -3.54. The number of morpholine rings is 1. The third-order valence-corrected chi connectivity index (χ3v) is 6.16. The molecule has 134 valence electrons. The summed E-state index contributed by atoms with van der Waals surface area (Å²) in [7, 11) is -2.09. The number of ether oxygens (including phenoxy) is 2. The lowest BCUT2D eigenvalue weighted by Gasteiger charge is -2.27. The van der Waals surface area contributed by atoms with Crippen LogP contribution >= 0.6 is 15.9 Å². The first-order valence-electron chi connectivity index (χ1n) is 7.83. The Morgan fingerprint density at radius 2 is 2.00 bits per heavy atom. The molecule has 0 spiro atoms. The second-order valence-corrected chi connectivity index (χ2v) is 8.55. The summed E-state index contributed by atoms with van der Waals surface area (Å²) in [5.41, 5.74) is 0.638. The summed E-state index contributed by atoms with van der Waals surface area (Å²) in [6.45, 7) is 2.95. The number of halogens is 1. The maximum absolute atomic E-state index is 12.8. The van der Waals surface area contributed by atoms with Crippen molar-refractivity contribution in [3.05, 3.63) is 46.6 Å². The number of benzene rings is 1. The fraction of sp³-hybridized carbons (Fsp3) is 0.353. The molecule has 8 heteroatoms. The molecule has 0 amide bonds. The minimum absolute atomic E-state index is 0.129. The molecule has 1 aliphatic rings. The van der Waals surface area contributed by atoms with Crippen LogP contribution in [0.3, 0.4) is 0 Å². The van der Waals surface area contributed by atoms with Gasteiger partial charge < -0.3 is 14.4 Å². The molecule has 1 fully saturated rings. The van der Waals surface area contributed by atoms with Gasteiger partial charge in [0.25, 0.3) is 0 Å². The van der Waals surface area contributed by atoms with Crippen molar-refractivity contribution in [2.45, 2.75) is 10.6 Å². The molecule has 1 aliphatic heterocycles. The van der Waals surface area contributed by atoms with Crippen LogP contribution in [-0.4, -0.2) is 46.8 Å². The Kier molecular flexibility index (Phi) is 5.61. The lowest BCUT2D eigenvalue weighted by atomic mass is 10.3. The first-order valence-corrected chi connectivity index (χ1v) is 10.3. The van der Waals surface area contributed by atoms with Crippen LogP contribution in [0.1, 0.15) is 5.56 Å². The van der Waals surface area contributed by atoms with Crippen molar-refractivity contribution in [1.29, 1.82) is 0 Å². The van der Waals surface area contributed by atoms with Crippen LogP contribution in [0.2, 0.25) is 0 Å². The number of methoxy groups -OCH3 is 1. The van der Waals surface area contributed by atoms with Gasteiger partial charge in [-0.2, -0.15) is 0 Å². The van der Waals surface area contributed by atoms with E-state index in [1.54, 1.807) is 30.5 Å². The molecule has 2 heterocycles. The lowest BCUT2D eigenvalue weighted by Crippen LogP contribution is -2.36. The number of anilines is 1. The Morgan fingerprint density at radius 1 is 1.24 bits per heavy atom. The maximum atomic E-state index is 12.8. The van der Waals surface area contributed by atoms with E-state index < -0.39 is 9.84 Å². The van der Waals surface area contributed by atoms with Gasteiger partial charge in [-0.05, 0) is 29.8 Å². The van der Waals surface area contributed by atoms with E-state index in [2.05, 4.69) is 25.8 Å². The van der Waals surface area contributed by atoms with Gasteiger partial charge in [-0.25, -0.2) is 13.4 Å². The molecule has 1 aromatic carbocycles. The Morgan fingerprint density at radius 3 is 2.64 bits per heavy atom. The molecule has 3 rings (SSSR count). The zero-order valence-electron chi connectivity index (χ0n) is 13.8. The fourth-order valence-electron chi connectivity index (χ4n) is 2.67. The Balaban J connectivity index is 1.80. The predicted molar refractivity (Wildman–Crippen MR) is 98.9 cm³/mol. The summed E-state index contributed by atoms with van der Waals surface area (Å²) in [6, 6.07) is 8.60. The highest BCUT2D eigenvalue weighted by Crippen LogP contribution is 2.29. The molecule has 2 aromatic rings. The molecule has 0 aliphatic carbocycles. The van der Waals surface area contributed by atoms with Crippen molar-refractivity contribution in [2.75, 3.05) is 38.3 Å². The van der Waals surface area contributed by atoms with Crippen LogP contribution in [0.15, 0.2) is 45.9 Å². The van der Waals surface area contributed by atoms with Crippen LogP contribution in [0.5, 0.6) is 5.75 Å². The van der Waals surface area contributed by atoms with Crippen LogP contribution in [-0.2, 0) is 20.3 Å². The number of hydrogen-bond acceptors (Lipinski definition) is 6. The van der Waals surface area contributed by atoms with E-state index in [9.17, 15) is 8.42 Å². The van der Waals surface area contributed by atoms with E-state index in [0.29, 0.717) is 29.0 Å².